The third-order valence-electron chi connectivity index (χ3n) is 2.76. The van der Waals surface area contributed by atoms with Gasteiger partial charge in [-0.05, 0) is 24.6 Å². The topological polar surface area (TPSA) is 90.7 Å². The number of sulfonamides is 1. The fraction of sp³-hybridized carbons (Fsp3) is 0.455. The molecular formula is C11H16N2O4S. The van der Waals surface area contributed by atoms with E-state index in [0.29, 0.717) is 31.1 Å². The number of rotatable bonds is 4. The average molecular weight is 272 g/mol. The Balaban J connectivity index is 2.21. The van der Waals surface area contributed by atoms with E-state index in [2.05, 4.69) is 4.72 Å². The van der Waals surface area contributed by atoms with E-state index < -0.39 is 10.0 Å². The lowest BCUT2D eigenvalue weighted by Crippen LogP contribution is -2.35. The molecule has 0 radical (unpaired) electrons. The minimum Gasteiger partial charge on any atom is -0.495 e. The normalized spacial score (nSPS) is 19.9. The maximum Gasteiger partial charge on any atom is 0.240 e. The van der Waals surface area contributed by atoms with Crippen LogP contribution in [0.15, 0.2) is 23.1 Å². The van der Waals surface area contributed by atoms with Gasteiger partial charge in [0.2, 0.25) is 10.0 Å². The highest BCUT2D eigenvalue weighted by Gasteiger charge is 2.23. The molecule has 7 heteroatoms. The maximum atomic E-state index is 12.1. The first-order chi connectivity index (χ1) is 8.53. The van der Waals surface area contributed by atoms with E-state index in [9.17, 15) is 8.42 Å². The summed E-state index contributed by atoms with van der Waals surface area (Å²) >= 11 is 0. The van der Waals surface area contributed by atoms with Gasteiger partial charge >= 0.3 is 0 Å². The fourth-order valence-corrected chi connectivity index (χ4v) is 3.08. The van der Waals surface area contributed by atoms with Gasteiger partial charge in [-0.25, -0.2) is 13.1 Å². The van der Waals surface area contributed by atoms with Crippen LogP contribution in [0.3, 0.4) is 0 Å². The lowest BCUT2D eigenvalue weighted by atomic mass is 10.3. The Morgan fingerprint density at radius 3 is 2.83 bits per heavy atom. The molecule has 1 unspecified atom stereocenters. The van der Waals surface area contributed by atoms with Crippen molar-refractivity contribution in [3.8, 4) is 5.75 Å². The first-order valence-corrected chi connectivity index (χ1v) is 7.05. The second kappa shape index (κ2) is 5.13. The van der Waals surface area contributed by atoms with Crippen molar-refractivity contribution in [2.45, 2.75) is 17.4 Å². The number of nitrogens with one attached hydrogen (secondary N) is 1. The molecule has 2 rings (SSSR count). The highest BCUT2D eigenvalue weighted by Crippen LogP contribution is 2.24. The maximum absolute atomic E-state index is 12.1. The molecule has 0 aromatic heterocycles. The van der Waals surface area contributed by atoms with Crippen molar-refractivity contribution in [3.63, 3.8) is 0 Å². The zero-order valence-electron chi connectivity index (χ0n) is 10.0. The minimum atomic E-state index is -3.56. The summed E-state index contributed by atoms with van der Waals surface area (Å²) < 4.78 is 36.9. The van der Waals surface area contributed by atoms with Crippen LogP contribution < -0.4 is 15.2 Å². The van der Waals surface area contributed by atoms with E-state index >= 15 is 0 Å². The lowest BCUT2D eigenvalue weighted by molar-refractivity contribution is 0.192. The molecule has 0 saturated carbocycles. The summed E-state index contributed by atoms with van der Waals surface area (Å²) in [5, 5.41) is 0. The third kappa shape index (κ3) is 2.74. The summed E-state index contributed by atoms with van der Waals surface area (Å²) in [6, 6.07) is 4.22. The largest absolute Gasteiger partial charge is 0.495 e. The Morgan fingerprint density at radius 1 is 1.50 bits per heavy atom. The van der Waals surface area contributed by atoms with E-state index in [1.54, 1.807) is 0 Å². The van der Waals surface area contributed by atoms with E-state index in [-0.39, 0.29) is 10.9 Å². The van der Waals surface area contributed by atoms with Crippen LogP contribution in [-0.4, -0.2) is 34.8 Å². The first kappa shape index (κ1) is 13.1. The van der Waals surface area contributed by atoms with Gasteiger partial charge in [-0.2, -0.15) is 0 Å². The molecule has 1 aliphatic rings. The van der Waals surface area contributed by atoms with Gasteiger partial charge in [0.1, 0.15) is 5.75 Å². The number of nitrogens with two attached hydrogens (primary N) is 1. The average Bonchev–Trinajstić information content (AvgIpc) is 2.81. The van der Waals surface area contributed by atoms with Crippen LogP contribution in [0.4, 0.5) is 5.69 Å². The molecule has 0 amide bonds. The van der Waals surface area contributed by atoms with Crippen molar-refractivity contribution in [2.75, 3.05) is 26.1 Å². The first-order valence-electron chi connectivity index (χ1n) is 5.56. The third-order valence-corrected chi connectivity index (χ3v) is 4.28. The Kier molecular flexibility index (Phi) is 3.74. The molecule has 1 aromatic rings. The Hall–Kier alpha value is -1.31. The SMILES string of the molecule is COc1ccc(S(=O)(=O)NC2CCOC2)cc1N. The monoisotopic (exact) mass is 272 g/mol. The molecule has 0 aliphatic carbocycles. The van der Waals surface area contributed by atoms with Gasteiger partial charge in [-0.1, -0.05) is 0 Å². The lowest BCUT2D eigenvalue weighted by Gasteiger charge is -2.12. The molecule has 0 bridgehead atoms. The molecule has 1 aromatic carbocycles. The molecule has 1 fully saturated rings. The second-order valence-corrected chi connectivity index (χ2v) is 5.80. The Labute approximate surface area is 106 Å². The summed E-state index contributed by atoms with van der Waals surface area (Å²) in [7, 11) is -2.08. The van der Waals surface area contributed by atoms with Gasteiger partial charge in [0.15, 0.2) is 0 Å². The van der Waals surface area contributed by atoms with Crippen LogP contribution in [0.25, 0.3) is 0 Å². The molecule has 0 spiro atoms. The highest BCUT2D eigenvalue weighted by atomic mass is 32.2. The predicted octanol–water partition coefficient (Wildman–Crippen LogP) is 0.345. The van der Waals surface area contributed by atoms with Gasteiger partial charge in [0, 0.05) is 12.6 Å². The Bertz CT molecular complexity index is 524. The Morgan fingerprint density at radius 2 is 2.28 bits per heavy atom. The van der Waals surface area contributed by atoms with E-state index in [4.69, 9.17) is 15.2 Å². The van der Waals surface area contributed by atoms with Crippen molar-refractivity contribution >= 4 is 15.7 Å². The number of hydrogen-bond acceptors (Lipinski definition) is 5. The quantitative estimate of drug-likeness (QED) is 0.772. The predicted molar refractivity (Wildman–Crippen MR) is 67.0 cm³/mol. The summed E-state index contributed by atoms with van der Waals surface area (Å²) in [6.45, 7) is 0.989. The van der Waals surface area contributed by atoms with Gasteiger partial charge in [0.25, 0.3) is 0 Å². The van der Waals surface area contributed by atoms with Gasteiger partial charge in [-0.15, -0.1) is 0 Å². The van der Waals surface area contributed by atoms with Crippen molar-refractivity contribution in [2.24, 2.45) is 0 Å². The summed E-state index contributed by atoms with van der Waals surface area (Å²) in [6.07, 6.45) is 0.685. The number of benzene rings is 1. The van der Waals surface area contributed by atoms with E-state index in [0.717, 1.165) is 0 Å². The zero-order valence-corrected chi connectivity index (χ0v) is 10.9. The smallest absolute Gasteiger partial charge is 0.240 e. The molecule has 1 heterocycles. The number of methoxy groups -OCH3 is 1. The molecule has 1 saturated heterocycles. The van der Waals surface area contributed by atoms with Gasteiger partial charge < -0.3 is 15.2 Å². The van der Waals surface area contributed by atoms with Crippen LogP contribution in [0, 0.1) is 0 Å². The molecule has 6 nitrogen and oxygen atoms in total. The van der Waals surface area contributed by atoms with E-state index in [1.165, 1.54) is 25.3 Å². The molecular weight excluding hydrogens is 256 g/mol. The number of anilines is 1. The van der Waals surface area contributed by atoms with Crippen LogP contribution in [0.1, 0.15) is 6.42 Å². The van der Waals surface area contributed by atoms with Crippen LogP contribution in [-0.2, 0) is 14.8 Å². The van der Waals surface area contributed by atoms with Gasteiger partial charge in [0.05, 0.1) is 24.3 Å². The standard InChI is InChI=1S/C11H16N2O4S/c1-16-11-3-2-9(6-10(11)12)18(14,15)13-8-4-5-17-7-8/h2-3,6,8,13H,4-5,7,12H2,1H3. The molecule has 100 valence electrons. The highest BCUT2D eigenvalue weighted by molar-refractivity contribution is 7.89. The minimum absolute atomic E-state index is 0.132. The fourth-order valence-electron chi connectivity index (χ4n) is 1.79. The van der Waals surface area contributed by atoms with Crippen LogP contribution in [0.5, 0.6) is 5.75 Å². The molecule has 18 heavy (non-hydrogen) atoms. The zero-order chi connectivity index (χ0) is 13.2. The summed E-state index contributed by atoms with van der Waals surface area (Å²) in [5.74, 6) is 0.457. The van der Waals surface area contributed by atoms with Crippen molar-refractivity contribution < 1.29 is 17.9 Å². The summed E-state index contributed by atoms with van der Waals surface area (Å²) in [4.78, 5) is 0.132. The molecule has 3 N–H and O–H groups in total. The van der Waals surface area contributed by atoms with Crippen LogP contribution in [0.2, 0.25) is 0 Å². The number of nitrogen functional groups attached to an aromatic ring is 1. The van der Waals surface area contributed by atoms with Crippen molar-refractivity contribution in [3.05, 3.63) is 18.2 Å². The summed E-state index contributed by atoms with van der Waals surface area (Å²) in [5.41, 5.74) is 5.99. The molecule has 1 atom stereocenters. The number of hydrogen-bond donors (Lipinski definition) is 2. The van der Waals surface area contributed by atoms with Crippen LogP contribution >= 0.6 is 0 Å². The second-order valence-electron chi connectivity index (χ2n) is 4.09. The number of ether oxygens (including phenoxy) is 2. The van der Waals surface area contributed by atoms with Crippen molar-refractivity contribution in [1.82, 2.24) is 4.72 Å². The van der Waals surface area contributed by atoms with Gasteiger partial charge in [-0.3, -0.25) is 0 Å². The molecule has 1 aliphatic heterocycles. The van der Waals surface area contributed by atoms with Crippen molar-refractivity contribution in [1.29, 1.82) is 0 Å². The van der Waals surface area contributed by atoms with E-state index in [1.807, 2.05) is 0 Å².